The first-order chi connectivity index (χ1) is 15.5. The Balaban J connectivity index is 1.53. The first kappa shape index (κ1) is 20.1. The molecule has 0 saturated heterocycles. The summed E-state index contributed by atoms with van der Waals surface area (Å²) in [5.74, 6) is 0.217. The van der Waals surface area contributed by atoms with Crippen molar-refractivity contribution in [3.05, 3.63) is 77.5 Å². The van der Waals surface area contributed by atoms with Crippen LogP contribution in [-0.4, -0.2) is 38.8 Å². The number of nitrogens with zero attached hydrogens (tertiary/aromatic N) is 4. The van der Waals surface area contributed by atoms with Crippen molar-refractivity contribution in [3.63, 3.8) is 0 Å². The van der Waals surface area contributed by atoms with Crippen LogP contribution in [0.1, 0.15) is 28.5 Å². The molecule has 1 aliphatic heterocycles. The number of anilines is 2. The number of amides is 1. The van der Waals surface area contributed by atoms with Gasteiger partial charge in [0.1, 0.15) is 17.3 Å². The van der Waals surface area contributed by atoms with E-state index >= 15 is 0 Å². The van der Waals surface area contributed by atoms with Crippen LogP contribution in [0.15, 0.2) is 54.9 Å². The molecule has 0 spiro atoms. The number of imidazole rings is 1. The minimum atomic E-state index is -0.337. The largest absolute Gasteiger partial charge is 0.348 e. The molecule has 1 amide bonds. The summed E-state index contributed by atoms with van der Waals surface area (Å²) in [6, 6.07) is 12.5. The highest BCUT2D eigenvalue weighted by Crippen LogP contribution is 2.35. The van der Waals surface area contributed by atoms with Crippen molar-refractivity contribution in [2.45, 2.75) is 20.0 Å². The molecule has 0 fully saturated rings. The van der Waals surface area contributed by atoms with Gasteiger partial charge in [0.15, 0.2) is 0 Å². The van der Waals surface area contributed by atoms with E-state index in [0.29, 0.717) is 29.3 Å². The zero-order valence-electron chi connectivity index (χ0n) is 17.9. The summed E-state index contributed by atoms with van der Waals surface area (Å²) in [5, 5.41) is 6.24. The molecule has 7 nitrogen and oxygen atoms in total. The maximum Gasteiger partial charge on any atom is 0.254 e. The molecule has 32 heavy (non-hydrogen) atoms. The van der Waals surface area contributed by atoms with E-state index in [4.69, 9.17) is 4.98 Å². The zero-order valence-corrected chi connectivity index (χ0v) is 17.9. The van der Waals surface area contributed by atoms with Crippen LogP contribution in [-0.2, 0) is 13.1 Å². The molecular weight excluding hydrogens is 407 g/mol. The predicted molar refractivity (Wildman–Crippen MR) is 121 cm³/mol. The second-order valence-corrected chi connectivity index (χ2v) is 7.88. The Morgan fingerprint density at radius 2 is 2.12 bits per heavy atom. The summed E-state index contributed by atoms with van der Waals surface area (Å²) in [6.07, 6.45) is 3.36. The molecule has 0 saturated carbocycles. The van der Waals surface area contributed by atoms with E-state index in [2.05, 4.69) is 27.4 Å². The number of carbonyl (C=O) groups is 1. The van der Waals surface area contributed by atoms with Crippen molar-refractivity contribution in [1.29, 1.82) is 0 Å². The molecule has 5 rings (SSSR count). The SMILES string of the molecule is CCN(C)Cc1cccc(Nc2ccc(-c3cnc4cc(F)ccn34)c3c2C(=O)NC3)n1. The lowest BCUT2D eigenvalue weighted by Crippen LogP contribution is -2.17. The molecular formula is C24H23FN6O. The Kier molecular flexibility index (Phi) is 5.07. The molecule has 0 aliphatic carbocycles. The number of carbonyl (C=O) groups excluding carboxylic acids is 1. The highest BCUT2D eigenvalue weighted by molar-refractivity contribution is 6.06. The Bertz CT molecular complexity index is 1330. The normalized spacial score (nSPS) is 12.9. The lowest BCUT2D eigenvalue weighted by molar-refractivity contribution is 0.0966. The van der Waals surface area contributed by atoms with Gasteiger partial charge in [-0.1, -0.05) is 19.1 Å². The van der Waals surface area contributed by atoms with Crippen LogP contribution in [0.4, 0.5) is 15.9 Å². The maximum atomic E-state index is 13.6. The van der Waals surface area contributed by atoms with E-state index < -0.39 is 0 Å². The molecule has 4 aromatic rings. The Morgan fingerprint density at radius 1 is 1.25 bits per heavy atom. The highest BCUT2D eigenvalue weighted by atomic mass is 19.1. The van der Waals surface area contributed by atoms with E-state index in [9.17, 15) is 9.18 Å². The van der Waals surface area contributed by atoms with Gasteiger partial charge in [-0.05, 0) is 43.4 Å². The van der Waals surface area contributed by atoms with Gasteiger partial charge in [0.2, 0.25) is 0 Å². The molecule has 0 radical (unpaired) electrons. The summed E-state index contributed by atoms with van der Waals surface area (Å²) < 4.78 is 15.4. The molecule has 0 bridgehead atoms. The van der Waals surface area contributed by atoms with Crippen LogP contribution in [0.3, 0.4) is 0 Å². The fraction of sp³-hybridized carbons (Fsp3) is 0.208. The molecule has 2 N–H and O–H groups in total. The van der Waals surface area contributed by atoms with Crippen LogP contribution < -0.4 is 10.6 Å². The summed E-state index contributed by atoms with van der Waals surface area (Å²) in [5.41, 5.74) is 5.34. The van der Waals surface area contributed by atoms with E-state index in [1.807, 2.05) is 41.8 Å². The van der Waals surface area contributed by atoms with Gasteiger partial charge in [0, 0.05) is 30.9 Å². The van der Waals surface area contributed by atoms with Crippen molar-refractivity contribution in [2.75, 3.05) is 18.9 Å². The number of halogens is 1. The summed E-state index contributed by atoms with van der Waals surface area (Å²) >= 11 is 0. The molecule has 1 aliphatic rings. The number of nitrogens with one attached hydrogen (secondary N) is 2. The van der Waals surface area contributed by atoms with Gasteiger partial charge in [-0.3, -0.25) is 9.20 Å². The van der Waals surface area contributed by atoms with Gasteiger partial charge < -0.3 is 15.5 Å². The number of hydrogen-bond donors (Lipinski definition) is 2. The number of pyridine rings is 2. The predicted octanol–water partition coefficient (Wildman–Crippen LogP) is 3.97. The highest BCUT2D eigenvalue weighted by Gasteiger charge is 2.27. The number of benzene rings is 1. The molecule has 1 aromatic carbocycles. The fourth-order valence-electron chi connectivity index (χ4n) is 4.01. The molecule has 3 aromatic heterocycles. The number of hydrogen-bond acceptors (Lipinski definition) is 5. The lowest BCUT2D eigenvalue weighted by Gasteiger charge is -2.15. The molecule has 8 heteroatoms. The minimum absolute atomic E-state index is 0.133. The third kappa shape index (κ3) is 3.58. The van der Waals surface area contributed by atoms with Crippen LogP contribution in [0.5, 0.6) is 0 Å². The number of rotatable bonds is 6. The van der Waals surface area contributed by atoms with Crippen LogP contribution in [0.2, 0.25) is 0 Å². The topological polar surface area (TPSA) is 74.6 Å². The van der Waals surface area contributed by atoms with Crippen LogP contribution >= 0.6 is 0 Å². The van der Waals surface area contributed by atoms with Gasteiger partial charge in [0.05, 0.1) is 28.8 Å². The van der Waals surface area contributed by atoms with Gasteiger partial charge in [-0.2, -0.15) is 0 Å². The van der Waals surface area contributed by atoms with Crippen LogP contribution in [0.25, 0.3) is 16.9 Å². The second-order valence-electron chi connectivity index (χ2n) is 7.88. The Hall–Kier alpha value is -3.78. The fourth-order valence-corrected chi connectivity index (χ4v) is 4.01. The summed E-state index contributed by atoms with van der Waals surface area (Å²) in [7, 11) is 2.05. The summed E-state index contributed by atoms with van der Waals surface area (Å²) in [6.45, 7) is 4.21. The van der Waals surface area contributed by atoms with Crippen molar-refractivity contribution in [1.82, 2.24) is 24.6 Å². The molecule has 0 atom stereocenters. The van der Waals surface area contributed by atoms with Gasteiger partial charge in [-0.25, -0.2) is 14.4 Å². The first-order valence-corrected chi connectivity index (χ1v) is 10.5. The third-order valence-corrected chi connectivity index (χ3v) is 5.76. The van der Waals surface area contributed by atoms with Crippen molar-refractivity contribution >= 4 is 23.1 Å². The van der Waals surface area contributed by atoms with Crippen molar-refractivity contribution in [2.24, 2.45) is 0 Å². The van der Waals surface area contributed by atoms with Gasteiger partial charge in [-0.15, -0.1) is 0 Å². The van der Waals surface area contributed by atoms with Crippen molar-refractivity contribution < 1.29 is 9.18 Å². The van der Waals surface area contributed by atoms with E-state index in [1.165, 1.54) is 12.1 Å². The number of fused-ring (bicyclic) bond motifs is 2. The Morgan fingerprint density at radius 3 is 2.97 bits per heavy atom. The molecule has 0 unspecified atom stereocenters. The minimum Gasteiger partial charge on any atom is -0.348 e. The lowest BCUT2D eigenvalue weighted by atomic mass is 9.99. The van der Waals surface area contributed by atoms with Gasteiger partial charge >= 0.3 is 0 Å². The smallest absolute Gasteiger partial charge is 0.254 e. The quantitative estimate of drug-likeness (QED) is 0.484. The third-order valence-electron chi connectivity index (χ3n) is 5.76. The summed E-state index contributed by atoms with van der Waals surface area (Å²) in [4.78, 5) is 23.9. The van der Waals surface area contributed by atoms with E-state index in [-0.39, 0.29) is 11.7 Å². The number of aromatic nitrogens is 3. The maximum absolute atomic E-state index is 13.6. The van der Waals surface area contributed by atoms with E-state index in [0.717, 1.165) is 35.6 Å². The average Bonchev–Trinajstić information content (AvgIpc) is 3.38. The van der Waals surface area contributed by atoms with Crippen LogP contribution in [0, 0.1) is 5.82 Å². The van der Waals surface area contributed by atoms with Crippen molar-refractivity contribution in [3.8, 4) is 11.3 Å². The monoisotopic (exact) mass is 430 g/mol. The molecule has 4 heterocycles. The second kappa shape index (κ2) is 8.05. The average molecular weight is 430 g/mol. The van der Waals surface area contributed by atoms with E-state index in [1.54, 1.807) is 12.4 Å². The standard InChI is InChI=1S/C24H23FN6O/c1-3-30(2)14-16-5-4-6-21(28-16)29-19-8-7-17(18-12-27-24(32)23(18)19)20-13-26-22-11-15(25)9-10-31(20)22/h4-11,13H,3,12,14H2,1-2H3,(H,27,32)(H,28,29). The van der Waals surface area contributed by atoms with Gasteiger partial charge in [0.25, 0.3) is 5.91 Å². The first-order valence-electron chi connectivity index (χ1n) is 10.5. The molecule has 162 valence electrons. The Labute approximate surface area is 184 Å². The zero-order chi connectivity index (χ0) is 22.2.